The molecule has 0 aliphatic carbocycles. The first-order valence-corrected chi connectivity index (χ1v) is 8.64. The van der Waals surface area contributed by atoms with Crippen LogP contribution in [0.3, 0.4) is 0 Å². The maximum absolute atomic E-state index is 13.9. The molecule has 0 spiro atoms. The Balaban J connectivity index is 1.98. The summed E-state index contributed by atoms with van der Waals surface area (Å²) in [6.07, 6.45) is -0.726. The predicted molar refractivity (Wildman–Crippen MR) is 104 cm³/mol. The summed E-state index contributed by atoms with van der Waals surface area (Å²) in [5, 5.41) is 3.86. The van der Waals surface area contributed by atoms with Crippen LogP contribution < -0.4 is 16.3 Å². The van der Waals surface area contributed by atoms with Gasteiger partial charge in [0.1, 0.15) is 18.0 Å². The average molecular weight is 404 g/mol. The highest BCUT2D eigenvalue weighted by Crippen LogP contribution is 2.25. The number of halogens is 3. The van der Waals surface area contributed by atoms with Crippen LogP contribution in [0.2, 0.25) is 0 Å². The van der Waals surface area contributed by atoms with Crippen molar-refractivity contribution in [3.8, 4) is 17.1 Å². The minimum Gasteiger partial charge on any atom is -0.375 e. The SMILES string of the molecule is CN(C)c1cc(-c2cccc(-n3cnn(CC(CN)=C(F)F)c3=O)n2)ccc1F. The topological polar surface area (TPSA) is 82.0 Å². The summed E-state index contributed by atoms with van der Waals surface area (Å²) in [5.41, 5.74) is 5.86. The molecule has 2 aromatic heterocycles. The molecule has 152 valence electrons. The van der Waals surface area contributed by atoms with Gasteiger partial charge < -0.3 is 10.6 Å². The van der Waals surface area contributed by atoms with Crippen molar-refractivity contribution >= 4 is 5.69 Å². The minimum atomic E-state index is -1.93. The number of nitrogens with two attached hydrogens (primary N) is 1. The van der Waals surface area contributed by atoms with Crippen LogP contribution >= 0.6 is 0 Å². The van der Waals surface area contributed by atoms with Gasteiger partial charge in [-0.15, -0.1) is 0 Å². The van der Waals surface area contributed by atoms with Gasteiger partial charge >= 0.3 is 5.69 Å². The third-order valence-electron chi connectivity index (χ3n) is 4.29. The normalized spacial score (nSPS) is 10.8. The van der Waals surface area contributed by atoms with E-state index >= 15 is 0 Å². The van der Waals surface area contributed by atoms with Crippen LogP contribution in [-0.4, -0.2) is 40.0 Å². The molecule has 0 amide bonds. The van der Waals surface area contributed by atoms with Crippen molar-refractivity contribution < 1.29 is 13.2 Å². The van der Waals surface area contributed by atoms with Crippen molar-refractivity contribution in [2.75, 3.05) is 25.5 Å². The van der Waals surface area contributed by atoms with E-state index in [-0.39, 0.29) is 23.8 Å². The number of aromatic nitrogens is 4. The van der Waals surface area contributed by atoms with Crippen LogP contribution in [0.5, 0.6) is 0 Å². The number of benzene rings is 1. The zero-order valence-corrected chi connectivity index (χ0v) is 15.8. The Morgan fingerprint density at radius 1 is 1.21 bits per heavy atom. The van der Waals surface area contributed by atoms with Gasteiger partial charge in [-0.1, -0.05) is 6.07 Å². The second kappa shape index (κ2) is 8.31. The molecular weight excluding hydrogens is 385 g/mol. The molecular formula is C19H19F3N6O. The van der Waals surface area contributed by atoms with E-state index in [9.17, 15) is 18.0 Å². The summed E-state index contributed by atoms with van der Waals surface area (Å²) in [6.45, 7) is -0.789. The Hall–Kier alpha value is -3.40. The predicted octanol–water partition coefficient (Wildman–Crippen LogP) is 2.41. The zero-order valence-electron chi connectivity index (χ0n) is 15.8. The van der Waals surface area contributed by atoms with Gasteiger partial charge in [-0.25, -0.2) is 23.4 Å². The number of anilines is 1. The first-order chi connectivity index (χ1) is 13.8. The summed E-state index contributed by atoms with van der Waals surface area (Å²) in [4.78, 5) is 18.6. The van der Waals surface area contributed by atoms with Gasteiger partial charge in [0, 0.05) is 31.8 Å². The van der Waals surface area contributed by atoms with Crippen LogP contribution in [0, 0.1) is 5.82 Å². The van der Waals surface area contributed by atoms with E-state index in [0.29, 0.717) is 16.9 Å². The lowest BCUT2D eigenvalue weighted by molar-refractivity contribution is 0.400. The van der Waals surface area contributed by atoms with Gasteiger partial charge in [-0.2, -0.15) is 13.9 Å². The first-order valence-electron chi connectivity index (χ1n) is 8.64. The minimum absolute atomic E-state index is 0.258. The second-order valence-electron chi connectivity index (χ2n) is 6.45. The van der Waals surface area contributed by atoms with Crippen LogP contribution in [0.4, 0.5) is 18.9 Å². The van der Waals surface area contributed by atoms with Crippen LogP contribution in [0.25, 0.3) is 17.1 Å². The number of nitrogens with zero attached hydrogens (tertiary/aromatic N) is 5. The number of rotatable bonds is 6. The van der Waals surface area contributed by atoms with E-state index in [1.54, 1.807) is 49.3 Å². The van der Waals surface area contributed by atoms with Gasteiger partial charge in [0.2, 0.25) is 0 Å². The molecule has 0 saturated heterocycles. The fourth-order valence-corrected chi connectivity index (χ4v) is 2.72. The maximum Gasteiger partial charge on any atom is 0.351 e. The molecule has 0 radical (unpaired) electrons. The molecule has 0 unspecified atom stereocenters. The summed E-state index contributed by atoms with van der Waals surface area (Å²) in [6, 6.07) is 9.57. The van der Waals surface area contributed by atoms with Crippen LogP contribution in [0.1, 0.15) is 0 Å². The molecule has 0 aliphatic rings. The smallest absolute Gasteiger partial charge is 0.351 e. The third kappa shape index (κ3) is 4.21. The van der Waals surface area contributed by atoms with E-state index in [1.165, 1.54) is 12.4 Å². The summed E-state index contributed by atoms with van der Waals surface area (Å²) in [7, 11) is 3.45. The van der Waals surface area contributed by atoms with E-state index in [1.807, 2.05) is 0 Å². The van der Waals surface area contributed by atoms with Crippen molar-refractivity contribution in [3.63, 3.8) is 0 Å². The van der Waals surface area contributed by atoms with Gasteiger partial charge in [-0.3, -0.25) is 0 Å². The summed E-state index contributed by atoms with van der Waals surface area (Å²) in [5.74, 6) is -0.107. The maximum atomic E-state index is 13.9. The van der Waals surface area contributed by atoms with Crippen molar-refractivity contribution in [3.05, 3.63) is 70.7 Å². The molecule has 10 heteroatoms. The van der Waals surface area contributed by atoms with Crippen molar-refractivity contribution in [1.29, 1.82) is 0 Å². The highest BCUT2D eigenvalue weighted by atomic mass is 19.3. The van der Waals surface area contributed by atoms with E-state index in [0.717, 1.165) is 9.25 Å². The fraction of sp³-hybridized carbons (Fsp3) is 0.211. The number of pyridine rings is 1. The standard InChI is InChI=1S/C19H19F3N6O/c1-26(2)16-8-12(6-7-14(16)20)15-4-3-5-17(25-15)27-11-24-28(19(27)29)10-13(9-23)18(21)22/h3-8,11H,9-10,23H2,1-2H3. The Labute approximate surface area is 164 Å². The Kier molecular flexibility index (Phi) is 5.83. The van der Waals surface area contributed by atoms with Crippen LogP contribution in [0.15, 0.2) is 59.2 Å². The molecule has 7 nitrogen and oxygen atoms in total. The summed E-state index contributed by atoms with van der Waals surface area (Å²) < 4.78 is 41.6. The largest absolute Gasteiger partial charge is 0.375 e. The lowest BCUT2D eigenvalue weighted by atomic mass is 10.1. The molecule has 0 atom stereocenters. The molecule has 3 aromatic rings. The van der Waals surface area contributed by atoms with Crippen LogP contribution in [-0.2, 0) is 6.54 Å². The van der Waals surface area contributed by atoms with Crippen molar-refractivity contribution in [1.82, 2.24) is 19.3 Å². The number of hydrogen-bond donors (Lipinski definition) is 1. The molecule has 2 heterocycles. The zero-order chi connectivity index (χ0) is 21.1. The molecule has 1 aromatic carbocycles. The summed E-state index contributed by atoms with van der Waals surface area (Å²) >= 11 is 0. The molecule has 0 fully saturated rings. The molecule has 0 bridgehead atoms. The quantitative estimate of drug-likeness (QED) is 0.682. The molecule has 3 rings (SSSR count). The Morgan fingerprint density at radius 3 is 2.62 bits per heavy atom. The van der Waals surface area contributed by atoms with E-state index in [2.05, 4.69) is 10.1 Å². The Bertz CT molecular complexity index is 1120. The average Bonchev–Trinajstić information content (AvgIpc) is 3.06. The van der Waals surface area contributed by atoms with Gasteiger partial charge in [0.05, 0.1) is 17.9 Å². The highest BCUT2D eigenvalue weighted by molar-refractivity contribution is 5.66. The van der Waals surface area contributed by atoms with Crippen molar-refractivity contribution in [2.24, 2.45) is 5.73 Å². The third-order valence-corrected chi connectivity index (χ3v) is 4.29. The van der Waals surface area contributed by atoms with Gasteiger partial charge in [-0.05, 0) is 30.3 Å². The number of hydrogen-bond acceptors (Lipinski definition) is 5. The second-order valence-corrected chi connectivity index (χ2v) is 6.45. The van der Waals surface area contributed by atoms with Gasteiger partial charge in [0.15, 0.2) is 0 Å². The van der Waals surface area contributed by atoms with Crippen molar-refractivity contribution in [2.45, 2.75) is 6.54 Å². The monoisotopic (exact) mass is 404 g/mol. The van der Waals surface area contributed by atoms with E-state index in [4.69, 9.17) is 5.73 Å². The lowest BCUT2D eigenvalue weighted by Crippen LogP contribution is -2.26. The molecule has 2 N–H and O–H groups in total. The lowest BCUT2D eigenvalue weighted by Gasteiger charge is -2.15. The molecule has 0 aliphatic heterocycles. The Morgan fingerprint density at radius 2 is 1.97 bits per heavy atom. The highest BCUT2D eigenvalue weighted by Gasteiger charge is 2.13. The first kappa shape index (κ1) is 20.3. The molecule has 29 heavy (non-hydrogen) atoms. The molecule has 0 saturated carbocycles. The van der Waals surface area contributed by atoms with E-state index < -0.39 is 18.3 Å². The fourth-order valence-electron chi connectivity index (χ4n) is 2.72. The van der Waals surface area contributed by atoms with Gasteiger partial charge in [0.25, 0.3) is 6.08 Å².